The fraction of sp³-hybridized carbons (Fsp3) is 0.294. The van der Waals surface area contributed by atoms with Gasteiger partial charge in [-0.05, 0) is 42.7 Å². The zero-order chi connectivity index (χ0) is 15.2. The molecule has 0 aliphatic carbocycles. The lowest BCUT2D eigenvalue weighted by atomic mass is 10.0. The summed E-state index contributed by atoms with van der Waals surface area (Å²) in [6.45, 7) is 2.09. The van der Waals surface area contributed by atoms with Crippen LogP contribution in [0.15, 0.2) is 46.9 Å². The minimum absolute atomic E-state index is 0.138. The minimum atomic E-state index is 0.138. The molecule has 0 aromatic heterocycles. The molecule has 0 saturated carbocycles. The molecule has 0 fully saturated rings. The predicted octanol–water partition coefficient (Wildman–Crippen LogP) is 4.53. The average Bonchev–Trinajstić information content (AvgIpc) is 2.50. The number of halogens is 1. The van der Waals surface area contributed by atoms with Crippen molar-refractivity contribution in [3.63, 3.8) is 0 Å². The van der Waals surface area contributed by atoms with E-state index in [9.17, 15) is 0 Å². The van der Waals surface area contributed by atoms with Crippen LogP contribution in [0.3, 0.4) is 0 Å². The molecule has 0 radical (unpaired) electrons. The number of methoxy groups -OCH3 is 1. The van der Waals surface area contributed by atoms with E-state index < -0.39 is 0 Å². The van der Waals surface area contributed by atoms with Crippen molar-refractivity contribution in [3.8, 4) is 17.2 Å². The molecular formula is C17H20BrNO2. The highest BCUT2D eigenvalue weighted by molar-refractivity contribution is 9.10. The Morgan fingerprint density at radius 3 is 2.62 bits per heavy atom. The molecule has 0 bridgehead atoms. The van der Waals surface area contributed by atoms with E-state index in [1.165, 1.54) is 0 Å². The van der Waals surface area contributed by atoms with Crippen molar-refractivity contribution in [1.29, 1.82) is 0 Å². The molecule has 2 aromatic rings. The first-order valence-electron chi connectivity index (χ1n) is 6.98. The third-order valence-corrected chi connectivity index (χ3v) is 3.80. The van der Waals surface area contributed by atoms with E-state index in [1.807, 2.05) is 36.4 Å². The van der Waals surface area contributed by atoms with Crippen molar-refractivity contribution in [2.24, 2.45) is 5.73 Å². The first kappa shape index (κ1) is 15.9. The summed E-state index contributed by atoms with van der Waals surface area (Å²) in [5.41, 5.74) is 7.17. The number of rotatable bonds is 6. The van der Waals surface area contributed by atoms with Crippen molar-refractivity contribution >= 4 is 15.9 Å². The molecular weight excluding hydrogens is 330 g/mol. The van der Waals surface area contributed by atoms with E-state index in [1.54, 1.807) is 7.11 Å². The van der Waals surface area contributed by atoms with Gasteiger partial charge in [0.1, 0.15) is 17.2 Å². The van der Waals surface area contributed by atoms with Crippen LogP contribution in [0, 0.1) is 0 Å². The molecule has 0 amide bonds. The second-order valence-corrected chi connectivity index (χ2v) is 5.82. The molecule has 3 nitrogen and oxygen atoms in total. The maximum Gasteiger partial charge on any atom is 0.131 e. The Hall–Kier alpha value is -1.52. The Bertz CT molecular complexity index is 601. The molecule has 2 aromatic carbocycles. The molecule has 4 heteroatoms. The van der Waals surface area contributed by atoms with Gasteiger partial charge >= 0.3 is 0 Å². The van der Waals surface area contributed by atoms with E-state index in [4.69, 9.17) is 15.2 Å². The number of hydrogen-bond donors (Lipinski definition) is 1. The maximum absolute atomic E-state index is 6.06. The standard InChI is InChI=1S/C17H20BrNO2/c1-3-14(19)9-12-7-8-13(18)10-17(12)21-16-6-4-5-15(11-16)20-2/h4-8,10-11,14H,3,9,19H2,1-2H3. The van der Waals surface area contributed by atoms with Gasteiger partial charge in [-0.1, -0.05) is 35.0 Å². The molecule has 0 aliphatic rings. The molecule has 2 N–H and O–H groups in total. The average molecular weight is 350 g/mol. The summed E-state index contributed by atoms with van der Waals surface area (Å²) in [5.74, 6) is 2.34. The van der Waals surface area contributed by atoms with Crippen LogP contribution in [0.4, 0.5) is 0 Å². The normalized spacial score (nSPS) is 12.0. The highest BCUT2D eigenvalue weighted by Crippen LogP contribution is 2.31. The Balaban J connectivity index is 2.26. The quantitative estimate of drug-likeness (QED) is 0.833. The minimum Gasteiger partial charge on any atom is -0.497 e. The van der Waals surface area contributed by atoms with Crippen molar-refractivity contribution in [2.45, 2.75) is 25.8 Å². The maximum atomic E-state index is 6.06. The highest BCUT2D eigenvalue weighted by Gasteiger charge is 2.10. The van der Waals surface area contributed by atoms with E-state index in [2.05, 4.69) is 28.9 Å². The van der Waals surface area contributed by atoms with Gasteiger partial charge in [0.25, 0.3) is 0 Å². The van der Waals surface area contributed by atoms with Crippen LogP contribution in [0.2, 0.25) is 0 Å². The van der Waals surface area contributed by atoms with Crippen LogP contribution in [0.5, 0.6) is 17.2 Å². The Morgan fingerprint density at radius 2 is 1.90 bits per heavy atom. The molecule has 1 unspecified atom stereocenters. The third-order valence-electron chi connectivity index (χ3n) is 3.30. The lowest BCUT2D eigenvalue weighted by Crippen LogP contribution is -2.21. The van der Waals surface area contributed by atoms with Crippen LogP contribution in [0.1, 0.15) is 18.9 Å². The summed E-state index contributed by atoms with van der Waals surface area (Å²) in [4.78, 5) is 0. The van der Waals surface area contributed by atoms with Gasteiger partial charge in [0.2, 0.25) is 0 Å². The van der Waals surface area contributed by atoms with Crippen LogP contribution in [0.25, 0.3) is 0 Å². The SMILES string of the molecule is CCC(N)Cc1ccc(Br)cc1Oc1cccc(OC)c1. The van der Waals surface area contributed by atoms with Crippen molar-refractivity contribution in [3.05, 3.63) is 52.5 Å². The first-order valence-corrected chi connectivity index (χ1v) is 7.77. The molecule has 0 spiro atoms. The summed E-state index contributed by atoms with van der Waals surface area (Å²) in [6, 6.07) is 13.7. The zero-order valence-corrected chi connectivity index (χ0v) is 13.9. The summed E-state index contributed by atoms with van der Waals surface area (Å²) in [5, 5.41) is 0. The van der Waals surface area contributed by atoms with Gasteiger partial charge < -0.3 is 15.2 Å². The van der Waals surface area contributed by atoms with Gasteiger partial charge in [-0.15, -0.1) is 0 Å². The number of benzene rings is 2. The summed E-state index contributed by atoms with van der Waals surface area (Å²) >= 11 is 3.49. The molecule has 2 rings (SSSR count). The molecule has 0 saturated heterocycles. The Labute approximate surface area is 134 Å². The topological polar surface area (TPSA) is 44.5 Å². The molecule has 1 atom stereocenters. The highest BCUT2D eigenvalue weighted by atomic mass is 79.9. The number of ether oxygens (including phenoxy) is 2. The van der Waals surface area contributed by atoms with Crippen molar-refractivity contribution in [1.82, 2.24) is 0 Å². The third kappa shape index (κ3) is 4.48. The number of nitrogens with two attached hydrogens (primary N) is 1. The summed E-state index contributed by atoms with van der Waals surface area (Å²) in [7, 11) is 1.64. The first-order chi connectivity index (χ1) is 10.1. The van der Waals surface area contributed by atoms with E-state index in [0.717, 1.165) is 40.1 Å². The van der Waals surface area contributed by atoms with E-state index >= 15 is 0 Å². The lowest BCUT2D eigenvalue weighted by molar-refractivity contribution is 0.408. The smallest absolute Gasteiger partial charge is 0.131 e. The molecule has 0 heterocycles. The molecule has 0 aliphatic heterocycles. The lowest BCUT2D eigenvalue weighted by Gasteiger charge is -2.15. The molecule has 21 heavy (non-hydrogen) atoms. The summed E-state index contributed by atoms with van der Waals surface area (Å²) in [6.07, 6.45) is 1.73. The predicted molar refractivity (Wildman–Crippen MR) is 89.2 cm³/mol. The molecule has 112 valence electrons. The van der Waals surface area contributed by atoms with Gasteiger partial charge in [-0.2, -0.15) is 0 Å². The largest absolute Gasteiger partial charge is 0.497 e. The fourth-order valence-electron chi connectivity index (χ4n) is 2.01. The summed E-state index contributed by atoms with van der Waals surface area (Å²) < 4.78 is 12.2. The monoisotopic (exact) mass is 349 g/mol. The Kier molecular flexibility index (Phi) is 5.65. The number of hydrogen-bond acceptors (Lipinski definition) is 3. The van der Waals surface area contributed by atoms with Crippen LogP contribution in [-0.4, -0.2) is 13.2 Å². The van der Waals surface area contributed by atoms with Gasteiger partial charge in [0, 0.05) is 16.6 Å². The van der Waals surface area contributed by atoms with Gasteiger partial charge in [-0.3, -0.25) is 0 Å². The van der Waals surface area contributed by atoms with Crippen LogP contribution >= 0.6 is 15.9 Å². The van der Waals surface area contributed by atoms with Gasteiger partial charge in [0.15, 0.2) is 0 Å². The fourth-order valence-corrected chi connectivity index (χ4v) is 2.35. The van der Waals surface area contributed by atoms with Crippen molar-refractivity contribution < 1.29 is 9.47 Å². The van der Waals surface area contributed by atoms with Crippen LogP contribution < -0.4 is 15.2 Å². The van der Waals surface area contributed by atoms with Crippen LogP contribution in [-0.2, 0) is 6.42 Å². The Morgan fingerprint density at radius 1 is 1.14 bits per heavy atom. The second kappa shape index (κ2) is 7.48. The van der Waals surface area contributed by atoms with Crippen molar-refractivity contribution in [2.75, 3.05) is 7.11 Å². The second-order valence-electron chi connectivity index (χ2n) is 4.91. The van der Waals surface area contributed by atoms with E-state index in [-0.39, 0.29) is 6.04 Å². The van der Waals surface area contributed by atoms with Gasteiger partial charge in [-0.25, -0.2) is 0 Å². The van der Waals surface area contributed by atoms with Gasteiger partial charge in [0.05, 0.1) is 7.11 Å². The van der Waals surface area contributed by atoms with E-state index in [0.29, 0.717) is 0 Å². The zero-order valence-electron chi connectivity index (χ0n) is 12.3.